The Bertz CT molecular complexity index is 1370. The van der Waals surface area contributed by atoms with E-state index in [1.807, 2.05) is 6.92 Å². The number of hydrogen-bond acceptors (Lipinski definition) is 10. The summed E-state index contributed by atoms with van der Waals surface area (Å²) < 4.78 is 56.2. The summed E-state index contributed by atoms with van der Waals surface area (Å²) in [5.41, 5.74) is -0.398. The molecule has 216 valence electrons. The lowest BCUT2D eigenvalue weighted by Crippen LogP contribution is -2.17. The van der Waals surface area contributed by atoms with Gasteiger partial charge in [0.25, 0.3) is 0 Å². The van der Waals surface area contributed by atoms with Gasteiger partial charge < -0.3 is 24.1 Å². The van der Waals surface area contributed by atoms with Gasteiger partial charge in [-0.2, -0.15) is 13.2 Å². The van der Waals surface area contributed by atoms with Crippen LogP contribution in [0.2, 0.25) is 0 Å². The number of hydrogen-bond donors (Lipinski definition) is 1. The molecule has 0 spiro atoms. The van der Waals surface area contributed by atoms with E-state index in [-0.39, 0.29) is 46.8 Å². The summed E-state index contributed by atoms with van der Waals surface area (Å²) in [5, 5.41) is 11.3. The Labute approximate surface area is 236 Å². The summed E-state index contributed by atoms with van der Waals surface area (Å²) in [7, 11) is 0. The maximum Gasteiger partial charge on any atom is 0.416 e. The van der Waals surface area contributed by atoms with Gasteiger partial charge >= 0.3 is 18.1 Å². The van der Waals surface area contributed by atoms with Crippen LogP contribution in [0.15, 0.2) is 29.4 Å². The van der Waals surface area contributed by atoms with E-state index >= 15 is 0 Å². The quantitative estimate of drug-likeness (QED) is 0.217. The third-order valence-corrected chi connectivity index (χ3v) is 7.47. The minimum atomic E-state index is -4.49. The Morgan fingerprint density at radius 2 is 1.77 bits per heavy atom. The first-order valence-corrected chi connectivity index (χ1v) is 13.9. The number of carbonyl (C=O) groups is 3. The Morgan fingerprint density at radius 1 is 1.07 bits per heavy atom. The average Bonchev–Trinajstić information content (AvgIpc) is 3.45. The highest BCUT2D eigenvalue weighted by atomic mass is 32.2. The van der Waals surface area contributed by atoms with Crippen LogP contribution >= 0.6 is 23.1 Å². The van der Waals surface area contributed by atoms with Crippen molar-refractivity contribution in [1.82, 2.24) is 14.8 Å². The van der Waals surface area contributed by atoms with Gasteiger partial charge in [0.2, 0.25) is 5.91 Å². The third-order valence-electron chi connectivity index (χ3n) is 5.31. The molecule has 3 aromatic rings. The van der Waals surface area contributed by atoms with Crippen LogP contribution in [0.3, 0.4) is 0 Å². The number of nitrogens with one attached hydrogen (secondary N) is 1. The first-order chi connectivity index (χ1) is 19.0. The second-order valence-electron chi connectivity index (χ2n) is 8.00. The van der Waals surface area contributed by atoms with Crippen LogP contribution in [0.4, 0.5) is 18.2 Å². The van der Waals surface area contributed by atoms with E-state index in [1.54, 1.807) is 25.3 Å². The molecule has 0 radical (unpaired) electrons. The number of esters is 2. The van der Waals surface area contributed by atoms with Crippen molar-refractivity contribution in [3.8, 4) is 5.75 Å². The number of amides is 1. The van der Waals surface area contributed by atoms with E-state index in [0.717, 1.165) is 35.2 Å². The van der Waals surface area contributed by atoms with Crippen molar-refractivity contribution in [3.05, 3.63) is 51.7 Å². The fraction of sp³-hybridized carbons (Fsp3) is 0.400. The molecule has 1 amide bonds. The van der Waals surface area contributed by atoms with E-state index in [9.17, 15) is 27.6 Å². The molecule has 0 saturated carbocycles. The Kier molecular flexibility index (Phi) is 10.6. The van der Waals surface area contributed by atoms with Gasteiger partial charge in [-0.05, 0) is 51.5 Å². The molecule has 0 aliphatic heterocycles. The molecule has 3 rings (SSSR count). The Hall–Kier alpha value is -3.59. The van der Waals surface area contributed by atoms with Gasteiger partial charge in [-0.15, -0.1) is 21.5 Å². The summed E-state index contributed by atoms with van der Waals surface area (Å²) in [6.07, 6.45) is -4.49. The van der Waals surface area contributed by atoms with Crippen molar-refractivity contribution in [3.63, 3.8) is 0 Å². The number of ether oxygens (including phenoxy) is 3. The zero-order chi connectivity index (χ0) is 29.4. The molecule has 1 N–H and O–H groups in total. The van der Waals surface area contributed by atoms with Crippen LogP contribution in [0.5, 0.6) is 5.75 Å². The highest BCUT2D eigenvalue weighted by Crippen LogP contribution is 2.35. The van der Waals surface area contributed by atoms with Gasteiger partial charge in [0.05, 0.1) is 30.1 Å². The molecule has 40 heavy (non-hydrogen) atoms. The number of alkyl halides is 3. The summed E-state index contributed by atoms with van der Waals surface area (Å²) >= 11 is 1.99. The number of carbonyl (C=O) groups excluding carboxylic acids is 3. The molecular formula is C25H27F3N4O6S2. The fourth-order valence-electron chi connectivity index (χ4n) is 3.50. The minimum absolute atomic E-state index is 0.0277. The van der Waals surface area contributed by atoms with E-state index < -0.39 is 29.6 Å². The largest absolute Gasteiger partial charge is 0.486 e. The zero-order valence-corrected chi connectivity index (χ0v) is 23.7. The second-order valence-corrected chi connectivity index (χ2v) is 9.96. The molecular weight excluding hydrogens is 573 g/mol. The predicted octanol–water partition coefficient (Wildman–Crippen LogP) is 5.35. The number of rotatable bonds is 12. The molecule has 0 bridgehead atoms. The molecule has 0 aliphatic rings. The van der Waals surface area contributed by atoms with Crippen LogP contribution in [0, 0.1) is 6.92 Å². The predicted molar refractivity (Wildman–Crippen MR) is 142 cm³/mol. The van der Waals surface area contributed by atoms with Gasteiger partial charge in [0, 0.05) is 6.54 Å². The molecule has 1 aromatic carbocycles. The highest BCUT2D eigenvalue weighted by molar-refractivity contribution is 7.99. The minimum Gasteiger partial charge on any atom is -0.486 e. The van der Waals surface area contributed by atoms with Crippen molar-refractivity contribution in [2.24, 2.45) is 0 Å². The van der Waals surface area contributed by atoms with Gasteiger partial charge in [0.1, 0.15) is 22.2 Å². The Morgan fingerprint density at radius 3 is 2.42 bits per heavy atom. The van der Waals surface area contributed by atoms with E-state index in [0.29, 0.717) is 23.1 Å². The first-order valence-electron chi connectivity index (χ1n) is 12.1. The lowest BCUT2D eigenvalue weighted by atomic mass is 10.1. The number of nitrogens with zero attached hydrogens (tertiary/aromatic N) is 3. The highest BCUT2D eigenvalue weighted by Gasteiger charge is 2.31. The van der Waals surface area contributed by atoms with Crippen LogP contribution in [0.1, 0.15) is 57.8 Å². The van der Waals surface area contributed by atoms with Crippen molar-refractivity contribution >= 4 is 45.9 Å². The topological polar surface area (TPSA) is 122 Å². The molecule has 0 fully saturated rings. The maximum atomic E-state index is 13.0. The van der Waals surface area contributed by atoms with Crippen LogP contribution in [0.25, 0.3) is 0 Å². The molecule has 2 aromatic heterocycles. The molecule has 0 saturated heterocycles. The number of anilines is 1. The fourth-order valence-corrected chi connectivity index (χ4v) is 5.42. The van der Waals surface area contributed by atoms with Crippen LogP contribution in [-0.4, -0.2) is 51.6 Å². The van der Waals surface area contributed by atoms with Gasteiger partial charge in [-0.25, -0.2) is 9.59 Å². The summed E-state index contributed by atoms with van der Waals surface area (Å²) in [4.78, 5) is 37.9. The van der Waals surface area contributed by atoms with Crippen molar-refractivity contribution < 1.29 is 41.8 Å². The third kappa shape index (κ3) is 7.53. The van der Waals surface area contributed by atoms with Gasteiger partial charge in [0.15, 0.2) is 11.0 Å². The van der Waals surface area contributed by atoms with E-state index in [2.05, 4.69) is 15.5 Å². The van der Waals surface area contributed by atoms with Crippen LogP contribution in [-0.2, 0) is 33.6 Å². The van der Waals surface area contributed by atoms with Gasteiger partial charge in [-0.1, -0.05) is 17.8 Å². The molecule has 0 aliphatic carbocycles. The van der Waals surface area contributed by atoms with Crippen molar-refractivity contribution in [2.45, 2.75) is 52.2 Å². The second kappa shape index (κ2) is 13.7. The Balaban J connectivity index is 1.69. The summed E-state index contributed by atoms with van der Waals surface area (Å²) in [6, 6.07) is 4.51. The maximum absolute atomic E-state index is 13.0. The monoisotopic (exact) mass is 600 g/mol. The number of benzene rings is 1. The normalized spacial score (nSPS) is 11.3. The summed E-state index contributed by atoms with van der Waals surface area (Å²) in [6.45, 7) is 7.23. The molecule has 0 atom stereocenters. The number of aromatic nitrogens is 3. The zero-order valence-electron chi connectivity index (χ0n) is 22.1. The smallest absolute Gasteiger partial charge is 0.416 e. The van der Waals surface area contributed by atoms with Crippen molar-refractivity contribution in [1.29, 1.82) is 0 Å². The number of halogens is 3. The standard InChI is InChI=1S/C25H27F3N4O6S2/c1-5-32-17(12-38-16-10-8-9-15(11-16)25(26,27)28)30-31-24(32)39-13-18(33)29-21-19(22(34)36-6-2)14(4)20(40-21)23(35)37-7-3/h8-11H,5-7,12-13H2,1-4H3,(H,29,33). The van der Waals surface area contributed by atoms with Crippen molar-refractivity contribution in [2.75, 3.05) is 24.3 Å². The molecule has 2 heterocycles. The summed E-state index contributed by atoms with van der Waals surface area (Å²) in [5.74, 6) is -1.48. The van der Waals surface area contributed by atoms with E-state index in [4.69, 9.17) is 14.2 Å². The first kappa shape index (κ1) is 30.9. The molecule has 10 nitrogen and oxygen atoms in total. The average molecular weight is 601 g/mol. The van der Waals surface area contributed by atoms with Crippen LogP contribution < -0.4 is 10.1 Å². The van der Waals surface area contributed by atoms with E-state index in [1.165, 1.54) is 12.1 Å². The molecule has 15 heteroatoms. The SMILES string of the molecule is CCOC(=O)c1sc(NC(=O)CSc2nnc(COc3cccc(C(F)(F)F)c3)n2CC)c(C(=O)OCC)c1C. The number of thioether (sulfide) groups is 1. The lowest BCUT2D eigenvalue weighted by molar-refractivity contribution is -0.137. The van der Waals surface area contributed by atoms with Gasteiger partial charge in [-0.3, -0.25) is 4.79 Å². The molecule has 0 unspecified atom stereocenters. The lowest BCUT2D eigenvalue weighted by Gasteiger charge is -2.11. The number of thiophene rings is 1.